The lowest BCUT2D eigenvalue weighted by molar-refractivity contribution is 0.673. The van der Waals surface area contributed by atoms with E-state index < -0.39 is 0 Å². The highest BCUT2D eigenvalue weighted by Crippen LogP contribution is 2.54. The van der Waals surface area contributed by atoms with Gasteiger partial charge in [0.1, 0.15) is 0 Å². The molecule has 1 fully saturated rings. The SMILES string of the molecule is C=C(CCC)C1C(C)C1CC(=CC)CCCC(C)=CCCC=CC. The lowest BCUT2D eigenvalue weighted by atomic mass is 9.98. The van der Waals surface area contributed by atoms with Crippen molar-refractivity contribution in [1.29, 1.82) is 0 Å². The molecule has 3 atom stereocenters. The molecule has 0 aromatic heterocycles. The molecule has 0 spiro atoms. The van der Waals surface area contributed by atoms with E-state index in [1.165, 1.54) is 56.9 Å². The average molecular weight is 329 g/mol. The van der Waals surface area contributed by atoms with Gasteiger partial charge >= 0.3 is 0 Å². The van der Waals surface area contributed by atoms with Crippen LogP contribution in [0, 0.1) is 17.8 Å². The van der Waals surface area contributed by atoms with Crippen LogP contribution in [0.4, 0.5) is 0 Å². The number of allylic oxidation sites excluding steroid dienone is 7. The molecule has 0 radical (unpaired) electrons. The molecule has 1 aliphatic rings. The molecule has 1 rings (SSSR count). The van der Waals surface area contributed by atoms with Crippen LogP contribution in [0.3, 0.4) is 0 Å². The monoisotopic (exact) mass is 328 g/mol. The summed E-state index contributed by atoms with van der Waals surface area (Å²) in [5.41, 5.74) is 4.73. The normalized spacial score (nSPS) is 24.6. The summed E-state index contributed by atoms with van der Waals surface area (Å²) in [7, 11) is 0. The molecule has 0 aliphatic heterocycles. The number of unbranched alkanes of at least 4 members (excludes halogenated alkanes) is 1. The van der Waals surface area contributed by atoms with E-state index in [-0.39, 0.29) is 0 Å². The maximum Gasteiger partial charge on any atom is -0.0143 e. The summed E-state index contributed by atoms with van der Waals surface area (Å²) in [4.78, 5) is 0. The summed E-state index contributed by atoms with van der Waals surface area (Å²) in [5, 5.41) is 0. The maximum atomic E-state index is 4.34. The van der Waals surface area contributed by atoms with Crippen LogP contribution in [0.25, 0.3) is 0 Å². The Hall–Kier alpha value is -1.04. The average Bonchev–Trinajstić information content (AvgIpc) is 3.20. The van der Waals surface area contributed by atoms with E-state index in [1.54, 1.807) is 11.1 Å². The standard InChI is InChI=1S/C24H40/c1-7-10-11-12-15-19(4)16-13-17-22(9-3)18-23-21(6)24(23)20(5)14-8-2/h7,9-10,15,21,23-24H,5,8,11-14,16-18H2,1-4,6H3. The number of hydrogen-bond acceptors (Lipinski definition) is 0. The van der Waals surface area contributed by atoms with Crippen LogP contribution in [0.1, 0.15) is 86.0 Å². The second kappa shape index (κ2) is 11.5. The smallest absolute Gasteiger partial charge is 0.0143 e. The Kier molecular flexibility index (Phi) is 10.1. The lowest BCUT2D eigenvalue weighted by Crippen LogP contribution is -1.92. The Labute approximate surface area is 151 Å². The highest BCUT2D eigenvalue weighted by atomic mass is 14.5. The topological polar surface area (TPSA) is 0 Å². The maximum absolute atomic E-state index is 4.34. The Morgan fingerprint density at radius 2 is 1.83 bits per heavy atom. The molecule has 0 amide bonds. The molecule has 0 aromatic rings. The molecule has 0 heteroatoms. The van der Waals surface area contributed by atoms with E-state index >= 15 is 0 Å². The molecule has 0 nitrogen and oxygen atoms in total. The fraction of sp³-hybridized carbons (Fsp3) is 0.667. The Morgan fingerprint density at radius 1 is 1.08 bits per heavy atom. The van der Waals surface area contributed by atoms with E-state index in [4.69, 9.17) is 0 Å². The zero-order chi connectivity index (χ0) is 17.9. The Morgan fingerprint density at radius 3 is 2.46 bits per heavy atom. The van der Waals surface area contributed by atoms with E-state index in [2.05, 4.69) is 65.5 Å². The van der Waals surface area contributed by atoms with Crippen molar-refractivity contribution in [3.63, 3.8) is 0 Å². The fourth-order valence-electron chi connectivity index (χ4n) is 3.98. The quantitative estimate of drug-likeness (QED) is 0.251. The van der Waals surface area contributed by atoms with Gasteiger partial charge in [-0.2, -0.15) is 0 Å². The van der Waals surface area contributed by atoms with Gasteiger partial charge in [-0.3, -0.25) is 0 Å². The first kappa shape index (κ1) is 21.0. The molecule has 0 N–H and O–H groups in total. The second-order valence-corrected chi connectivity index (χ2v) is 7.66. The summed E-state index contributed by atoms with van der Waals surface area (Å²) in [6.45, 7) is 15.6. The van der Waals surface area contributed by atoms with E-state index in [0.717, 1.165) is 17.8 Å². The summed E-state index contributed by atoms with van der Waals surface area (Å²) < 4.78 is 0. The molecule has 0 aromatic carbocycles. The van der Waals surface area contributed by atoms with E-state index in [0.29, 0.717) is 0 Å². The third kappa shape index (κ3) is 7.24. The minimum atomic E-state index is 0.799. The van der Waals surface area contributed by atoms with Crippen molar-refractivity contribution in [2.45, 2.75) is 86.0 Å². The molecule has 3 unspecified atom stereocenters. The number of hydrogen-bond donors (Lipinski definition) is 0. The zero-order valence-electron chi connectivity index (χ0n) is 16.9. The van der Waals surface area contributed by atoms with Crippen molar-refractivity contribution in [2.75, 3.05) is 0 Å². The van der Waals surface area contributed by atoms with Gasteiger partial charge in [-0.1, -0.05) is 67.9 Å². The van der Waals surface area contributed by atoms with Crippen molar-refractivity contribution in [1.82, 2.24) is 0 Å². The molecule has 1 saturated carbocycles. The summed E-state index contributed by atoms with van der Waals surface area (Å²) in [6.07, 6.45) is 19.1. The molecule has 0 saturated heterocycles. The first-order valence-electron chi connectivity index (χ1n) is 10.1. The largest absolute Gasteiger partial charge is 0.0996 e. The van der Waals surface area contributed by atoms with Crippen molar-refractivity contribution >= 4 is 0 Å². The van der Waals surface area contributed by atoms with E-state index in [1.807, 2.05) is 0 Å². The van der Waals surface area contributed by atoms with Crippen molar-refractivity contribution in [3.8, 4) is 0 Å². The number of rotatable bonds is 12. The van der Waals surface area contributed by atoms with Crippen molar-refractivity contribution in [2.24, 2.45) is 17.8 Å². The van der Waals surface area contributed by atoms with Crippen LogP contribution in [-0.4, -0.2) is 0 Å². The molecular weight excluding hydrogens is 288 g/mol. The molecular formula is C24H40. The lowest BCUT2D eigenvalue weighted by Gasteiger charge is -2.08. The summed E-state index contributed by atoms with van der Waals surface area (Å²) in [6, 6.07) is 0. The van der Waals surface area contributed by atoms with Crippen LogP contribution in [0.5, 0.6) is 0 Å². The first-order valence-corrected chi connectivity index (χ1v) is 10.1. The Balaban J connectivity index is 2.30. The zero-order valence-corrected chi connectivity index (χ0v) is 16.9. The van der Waals surface area contributed by atoms with Crippen LogP contribution in [0.2, 0.25) is 0 Å². The molecule has 136 valence electrons. The molecule has 0 bridgehead atoms. The van der Waals surface area contributed by atoms with Gasteiger partial charge in [-0.15, -0.1) is 0 Å². The molecule has 1 aliphatic carbocycles. The van der Waals surface area contributed by atoms with Crippen LogP contribution in [-0.2, 0) is 0 Å². The minimum absolute atomic E-state index is 0.799. The van der Waals surface area contributed by atoms with Gasteiger partial charge in [0.2, 0.25) is 0 Å². The predicted molar refractivity (Wildman–Crippen MR) is 110 cm³/mol. The van der Waals surface area contributed by atoms with Gasteiger partial charge in [0, 0.05) is 0 Å². The first-order chi connectivity index (χ1) is 11.5. The van der Waals surface area contributed by atoms with E-state index in [9.17, 15) is 0 Å². The van der Waals surface area contributed by atoms with Gasteiger partial charge in [0.25, 0.3) is 0 Å². The highest BCUT2D eigenvalue weighted by molar-refractivity contribution is 5.19. The third-order valence-corrected chi connectivity index (χ3v) is 5.64. The second-order valence-electron chi connectivity index (χ2n) is 7.66. The Bertz CT molecular complexity index is 460. The van der Waals surface area contributed by atoms with Gasteiger partial charge in [0.15, 0.2) is 0 Å². The van der Waals surface area contributed by atoms with Crippen molar-refractivity contribution in [3.05, 3.63) is 47.6 Å². The van der Waals surface area contributed by atoms with Gasteiger partial charge in [-0.05, 0) is 83.5 Å². The molecule has 24 heavy (non-hydrogen) atoms. The fourth-order valence-corrected chi connectivity index (χ4v) is 3.98. The van der Waals surface area contributed by atoms with Crippen LogP contribution >= 0.6 is 0 Å². The van der Waals surface area contributed by atoms with Crippen molar-refractivity contribution < 1.29 is 0 Å². The summed E-state index contributed by atoms with van der Waals surface area (Å²) in [5.74, 6) is 2.52. The summed E-state index contributed by atoms with van der Waals surface area (Å²) >= 11 is 0. The molecule has 0 heterocycles. The predicted octanol–water partition coefficient (Wildman–Crippen LogP) is 8.03. The highest BCUT2D eigenvalue weighted by Gasteiger charge is 2.47. The van der Waals surface area contributed by atoms with Crippen LogP contribution in [0.15, 0.2) is 47.6 Å². The van der Waals surface area contributed by atoms with Gasteiger partial charge in [0.05, 0.1) is 0 Å². The van der Waals surface area contributed by atoms with Crippen LogP contribution < -0.4 is 0 Å². The minimum Gasteiger partial charge on any atom is -0.0996 e. The van der Waals surface area contributed by atoms with Gasteiger partial charge < -0.3 is 0 Å². The van der Waals surface area contributed by atoms with Gasteiger partial charge in [-0.25, -0.2) is 0 Å². The third-order valence-electron chi connectivity index (χ3n) is 5.64.